The third-order valence-electron chi connectivity index (χ3n) is 9.68. The van der Waals surface area contributed by atoms with Gasteiger partial charge in [0, 0.05) is 38.3 Å². The van der Waals surface area contributed by atoms with Gasteiger partial charge in [0.1, 0.15) is 0 Å². The Morgan fingerprint density at radius 3 is 1.74 bits per heavy atom. The predicted molar refractivity (Wildman–Crippen MR) is 196 cm³/mol. The van der Waals surface area contributed by atoms with Gasteiger partial charge in [-0.25, -0.2) is 0 Å². The molecule has 0 fully saturated rings. The first kappa shape index (κ1) is 25.2. The largest absolute Gasteiger partial charge is 0.309 e. The average Bonchev–Trinajstić information content (AvgIpc) is 3.64. The molecule has 0 radical (unpaired) electrons. The molecule has 10 rings (SSSR count). The van der Waals surface area contributed by atoms with Gasteiger partial charge < -0.3 is 9.13 Å². The van der Waals surface area contributed by atoms with Crippen LogP contribution in [0.2, 0.25) is 0 Å². The SMILES string of the molecule is c1ccc(-n2c3ccccc3c3ccc4cc5c(cc4c32)c2ccccc2n5-c2ccc(-c3cccc4ccccc34)cc2)cc1. The first-order chi connectivity index (χ1) is 22.8. The fourth-order valence-corrected chi connectivity index (χ4v) is 7.64. The van der Waals surface area contributed by atoms with Gasteiger partial charge in [-0.1, -0.05) is 121 Å². The van der Waals surface area contributed by atoms with E-state index in [1.807, 2.05) is 0 Å². The Labute approximate surface area is 266 Å². The van der Waals surface area contributed by atoms with E-state index in [1.165, 1.54) is 82.0 Å². The summed E-state index contributed by atoms with van der Waals surface area (Å²) in [6.45, 7) is 0. The van der Waals surface area contributed by atoms with Crippen LogP contribution in [0, 0.1) is 0 Å². The van der Waals surface area contributed by atoms with E-state index < -0.39 is 0 Å². The Balaban J connectivity index is 1.24. The van der Waals surface area contributed by atoms with Crippen molar-refractivity contribution in [2.24, 2.45) is 0 Å². The van der Waals surface area contributed by atoms with Crippen LogP contribution < -0.4 is 0 Å². The molecule has 0 bridgehead atoms. The second kappa shape index (κ2) is 9.69. The lowest BCUT2D eigenvalue weighted by Crippen LogP contribution is -1.95. The minimum absolute atomic E-state index is 1.16. The smallest absolute Gasteiger partial charge is 0.0619 e. The fourth-order valence-electron chi connectivity index (χ4n) is 7.64. The van der Waals surface area contributed by atoms with E-state index in [2.05, 4.69) is 179 Å². The molecular formula is C44H28N2. The summed E-state index contributed by atoms with van der Waals surface area (Å²) < 4.78 is 4.86. The highest BCUT2D eigenvalue weighted by atomic mass is 15.0. The van der Waals surface area contributed by atoms with Gasteiger partial charge in [0.25, 0.3) is 0 Å². The highest BCUT2D eigenvalue weighted by Gasteiger charge is 2.18. The first-order valence-corrected chi connectivity index (χ1v) is 15.9. The molecule has 0 atom stereocenters. The number of benzene rings is 8. The highest BCUT2D eigenvalue weighted by Crippen LogP contribution is 2.41. The van der Waals surface area contributed by atoms with Crippen molar-refractivity contribution in [3.63, 3.8) is 0 Å². The Hall–Kier alpha value is -6.12. The molecule has 0 saturated carbocycles. The average molecular weight is 585 g/mol. The van der Waals surface area contributed by atoms with Gasteiger partial charge in [0.15, 0.2) is 0 Å². The van der Waals surface area contributed by atoms with Crippen molar-refractivity contribution in [2.45, 2.75) is 0 Å². The summed E-state index contributed by atoms with van der Waals surface area (Å²) in [6, 6.07) is 62.0. The molecular weight excluding hydrogens is 556 g/mol. The molecule has 0 N–H and O–H groups in total. The van der Waals surface area contributed by atoms with Gasteiger partial charge in [-0.05, 0) is 75.8 Å². The van der Waals surface area contributed by atoms with Crippen molar-refractivity contribution in [1.82, 2.24) is 9.13 Å². The number of hydrogen-bond acceptors (Lipinski definition) is 0. The molecule has 8 aromatic carbocycles. The van der Waals surface area contributed by atoms with E-state index in [0.717, 1.165) is 5.69 Å². The number of hydrogen-bond donors (Lipinski definition) is 0. The summed E-state index contributed by atoms with van der Waals surface area (Å²) in [5, 5.41) is 10.1. The lowest BCUT2D eigenvalue weighted by Gasteiger charge is -2.12. The van der Waals surface area contributed by atoms with E-state index >= 15 is 0 Å². The van der Waals surface area contributed by atoms with Crippen molar-refractivity contribution in [3.05, 3.63) is 170 Å². The molecule has 46 heavy (non-hydrogen) atoms. The maximum Gasteiger partial charge on any atom is 0.0619 e. The Morgan fingerprint density at radius 1 is 0.304 bits per heavy atom. The van der Waals surface area contributed by atoms with Crippen molar-refractivity contribution in [1.29, 1.82) is 0 Å². The molecule has 2 aromatic heterocycles. The number of fused-ring (bicyclic) bond motifs is 9. The van der Waals surface area contributed by atoms with Crippen molar-refractivity contribution in [3.8, 4) is 22.5 Å². The van der Waals surface area contributed by atoms with E-state index in [9.17, 15) is 0 Å². The molecule has 214 valence electrons. The normalized spacial score (nSPS) is 11.9. The van der Waals surface area contributed by atoms with Crippen LogP contribution in [-0.4, -0.2) is 9.13 Å². The zero-order valence-electron chi connectivity index (χ0n) is 25.1. The minimum Gasteiger partial charge on any atom is -0.309 e. The summed E-state index contributed by atoms with van der Waals surface area (Å²) in [4.78, 5) is 0. The summed E-state index contributed by atoms with van der Waals surface area (Å²) in [5.41, 5.74) is 9.73. The standard InChI is InChI=1S/C44H28N2/c1-2-13-32(14-3-1)46-42-20-9-6-16-36(42)38-26-23-31-27-43-40(28-39(31)44(38)46)37-17-7-8-19-41(37)45(43)33-24-21-30(22-25-33)35-18-10-12-29-11-4-5-15-34(29)35/h1-28H. The van der Waals surface area contributed by atoms with Crippen LogP contribution in [0.15, 0.2) is 170 Å². The van der Waals surface area contributed by atoms with Gasteiger partial charge in [-0.2, -0.15) is 0 Å². The third-order valence-corrected chi connectivity index (χ3v) is 9.68. The van der Waals surface area contributed by atoms with Crippen molar-refractivity contribution >= 4 is 65.2 Å². The summed E-state index contributed by atoms with van der Waals surface area (Å²) >= 11 is 0. The maximum absolute atomic E-state index is 2.43. The molecule has 0 aliphatic heterocycles. The quantitative estimate of drug-likeness (QED) is 0.195. The van der Waals surface area contributed by atoms with Crippen LogP contribution in [0.5, 0.6) is 0 Å². The number of aromatic nitrogens is 2. The molecule has 0 amide bonds. The number of para-hydroxylation sites is 3. The Kier molecular flexibility index (Phi) is 5.31. The van der Waals surface area contributed by atoms with Gasteiger partial charge in [-0.3, -0.25) is 0 Å². The van der Waals surface area contributed by atoms with Crippen molar-refractivity contribution in [2.75, 3.05) is 0 Å². The number of rotatable bonds is 3. The summed E-state index contributed by atoms with van der Waals surface area (Å²) in [5.74, 6) is 0. The molecule has 0 unspecified atom stereocenters. The topological polar surface area (TPSA) is 9.86 Å². The zero-order valence-corrected chi connectivity index (χ0v) is 25.1. The zero-order chi connectivity index (χ0) is 30.2. The molecule has 0 aliphatic carbocycles. The molecule has 2 nitrogen and oxygen atoms in total. The van der Waals surface area contributed by atoms with E-state index in [4.69, 9.17) is 0 Å². The Morgan fingerprint density at radius 2 is 0.935 bits per heavy atom. The van der Waals surface area contributed by atoms with E-state index in [1.54, 1.807) is 0 Å². The van der Waals surface area contributed by atoms with Crippen LogP contribution in [0.1, 0.15) is 0 Å². The highest BCUT2D eigenvalue weighted by molar-refractivity contribution is 6.22. The number of nitrogens with zero attached hydrogens (tertiary/aromatic N) is 2. The lowest BCUT2D eigenvalue weighted by atomic mass is 9.98. The molecule has 10 aromatic rings. The van der Waals surface area contributed by atoms with Crippen LogP contribution in [0.4, 0.5) is 0 Å². The van der Waals surface area contributed by atoms with E-state index in [-0.39, 0.29) is 0 Å². The first-order valence-electron chi connectivity index (χ1n) is 15.9. The lowest BCUT2D eigenvalue weighted by molar-refractivity contribution is 1.18. The Bertz CT molecular complexity index is 2770. The van der Waals surface area contributed by atoms with Gasteiger partial charge >= 0.3 is 0 Å². The van der Waals surface area contributed by atoms with Gasteiger partial charge in [0.05, 0.1) is 22.1 Å². The minimum atomic E-state index is 1.16. The van der Waals surface area contributed by atoms with Gasteiger partial charge in [-0.15, -0.1) is 0 Å². The predicted octanol–water partition coefficient (Wildman–Crippen LogP) is 11.9. The second-order valence-corrected chi connectivity index (χ2v) is 12.2. The third kappa shape index (κ3) is 3.59. The monoisotopic (exact) mass is 584 g/mol. The molecule has 0 saturated heterocycles. The van der Waals surface area contributed by atoms with E-state index in [0.29, 0.717) is 0 Å². The van der Waals surface area contributed by atoms with Crippen molar-refractivity contribution < 1.29 is 0 Å². The van der Waals surface area contributed by atoms with Crippen LogP contribution in [0.25, 0.3) is 87.7 Å². The van der Waals surface area contributed by atoms with Crippen LogP contribution in [0.3, 0.4) is 0 Å². The van der Waals surface area contributed by atoms with Crippen LogP contribution in [-0.2, 0) is 0 Å². The molecule has 2 heteroatoms. The molecule has 0 spiro atoms. The second-order valence-electron chi connectivity index (χ2n) is 12.2. The summed E-state index contributed by atoms with van der Waals surface area (Å²) in [7, 11) is 0. The molecule has 2 heterocycles. The molecule has 0 aliphatic rings. The van der Waals surface area contributed by atoms with Gasteiger partial charge in [0.2, 0.25) is 0 Å². The fraction of sp³-hybridized carbons (Fsp3) is 0. The van der Waals surface area contributed by atoms with Crippen LogP contribution >= 0.6 is 0 Å². The summed E-state index contributed by atoms with van der Waals surface area (Å²) in [6.07, 6.45) is 0. The maximum atomic E-state index is 2.43.